The maximum atomic E-state index is 12.0. The van der Waals surface area contributed by atoms with Gasteiger partial charge in [0, 0.05) is 24.8 Å². The number of carbonyl (C=O) groups is 2. The Morgan fingerprint density at radius 1 is 1.15 bits per heavy atom. The third-order valence-electron chi connectivity index (χ3n) is 4.83. The number of ether oxygens (including phenoxy) is 1. The van der Waals surface area contributed by atoms with Gasteiger partial charge in [0.1, 0.15) is 16.9 Å². The number of urea groups is 1. The van der Waals surface area contributed by atoms with Gasteiger partial charge in [-0.1, -0.05) is 0 Å². The maximum Gasteiger partial charge on any atom is 0.407 e. The summed E-state index contributed by atoms with van der Waals surface area (Å²) < 4.78 is 6.92. The van der Waals surface area contributed by atoms with E-state index in [1.807, 2.05) is 27.0 Å². The molecule has 3 N–H and O–H groups in total. The van der Waals surface area contributed by atoms with Crippen LogP contribution in [0.1, 0.15) is 33.6 Å². The number of amides is 3. The topological polar surface area (TPSA) is 136 Å². The zero-order valence-corrected chi connectivity index (χ0v) is 19.0. The lowest BCUT2D eigenvalue weighted by Gasteiger charge is -2.19. The van der Waals surface area contributed by atoms with Crippen molar-refractivity contribution < 1.29 is 14.3 Å². The van der Waals surface area contributed by atoms with E-state index in [0.717, 1.165) is 5.56 Å². The van der Waals surface area contributed by atoms with Gasteiger partial charge in [-0.2, -0.15) is 5.10 Å². The molecule has 3 aromatic rings. The number of hydrogen-bond acceptors (Lipinski definition) is 7. The summed E-state index contributed by atoms with van der Waals surface area (Å²) in [5, 5.41) is 12.6. The van der Waals surface area contributed by atoms with Crippen molar-refractivity contribution in [3.8, 4) is 11.3 Å². The molecule has 1 aliphatic rings. The summed E-state index contributed by atoms with van der Waals surface area (Å²) in [5.74, 6) is 1.01. The van der Waals surface area contributed by atoms with Crippen LogP contribution in [0.5, 0.6) is 0 Å². The SMILES string of the molecule is CC(C)(C)OC(=O)NCCn1cc(-c2cnc3ccc(NC(=O)NCC4CC4)nc3n2)cn1. The van der Waals surface area contributed by atoms with E-state index in [-0.39, 0.29) is 6.03 Å². The molecular formula is C22H28N8O3. The molecule has 33 heavy (non-hydrogen) atoms. The Balaban J connectivity index is 1.37. The predicted molar refractivity (Wildman–Crippen MR) is 123 cm³/mol. The van der Waals surface area contributed by atoms with Gasteiger partial charge in [-0.25, -0.2) is 19.6 Å². The molecule has 4 rings (SSSR count). The Kier molecular flexibility index (Phi) is 6.38. The third kappa shape index (κ3) is 6.61. The fourth-order valence-electron chi connectivity index (χ4n) is 3.03. The number of nitrogens with one attached hydrogen (secondary N) is 3. The molecule has 0 aromatic carbocycles. The molecular weight excluding hydrogens is 424 g/mol. The maximum absolute atomic E-state index is 12.0. The number of carbonyl (C=O) groups excluding carboxylic acids is 2. The van der Waals surface area contributed by atoms with Gasteiger partial charge in [0.25, 0.3) is 0 Å². The van der Waals surface area contributed by atoms with Gasteiger partial charge in [0.2, 0.25) is 0 Å². The summed E-state index contributed by atoms with van der Waals surface area (Å²) >= 11 is 0. The van der Waals surface area contributed by atoms with Gasteiger partial charge in [-0.3, -0.25) is 15.0 Å². The molecule has 1 saturated carbocycles. The summed E-state index contributed by atoms with van der Waals surface area (Å²) in [4.78, 5) is 37.2. The van der Waals surface area contributed by atoms with Crippen molar-refractivity contribution in [2.24, 2.45) is 5.92 Å². The summed E-state index contributed by atoms with van der Waals surface area (Å²) in [6.45, 7) is 6.97. The number of fused-ring (bicyclic) bond motifs is 1. The highest BCUT2D eigenvalue weighted by atomic mass is 16.6. The molecule has 0 bridgehead atoms. The third-order valence-corrected chi connectivity index (χ3v) is 4.83. The normalized spacial score (nSPS) is 13.5. The minimum absolute atomic E-state index is 0.279. The van der Waals surface area contributed by atoms with Gasteiger partial charge in [-0.05, 0) is 51.7 Å². The van der Waals surface area contributed by atoms with Crippen molar-refractivity contribution in [2.75, 3.05) is 18.4 Å². The predicted octanol–water partition coefficient (Wildman–Crippen LogP) is 2.94. The van der Waals surface area contributed by atoms with Crippen LogP contribution in [0.3, 0.4) is 0 Å². The van der Waals surface area contributed by atoms with Crippen LogP contribution in [0.2, 0.25) is 0 Å². The summed E-state index contributed by atoms with van der Waals surface area (Å²) in [7, 11) is 0. The number of aromatic nitrogens is 5. The van der Waals surface area contributed by atoms with Crippen molar-refractivity contribution in [1.29, 1.82) is 0 Å². The van der Waals surface area contributed by atoms with Crippen molar-refractivity contribution in [1.82, 2.24) is 35.4 Å². The Morgan fingerprint density at radius 2 is 1.97 bits per heavy atom. The fraction of sp³-hybridized carbons (Fsp3) is 0.455. The van der Waals surface area contributed by atoms with Crippen molar-refractivity contribution in [3.05, 3.63) is 30.7 Å². The van der Waals surface area contributed by atoms with E-state index in [4.69, 9.17) is 4.74 Å². The number of rotatable bonds is 7. The molecule has 0 radical (unpaired) electrons. The van der Waals surface area contributed by atoms with E-state index < -0.39 is 11.7 Å². The number of alkyl carbamates (subject to hydrolysis) is 1. The first-order valence-electron chi connectivity index (χ1n) is 10.9. The summed E-state index contributed by atoms with van der Waals surface area (Å²) in [6, 6.07) is 3.18. The highest BCUT2D eigenvalue weighted by molar-refractivity contribution is 5.89. The van der Waals surface area contributed by atoms with Crippen LogP contribution in [0.25, 0.3) is 22.4 Å². The Morgan fingerprint density at radius 3 is 2.73 bits per heavy atom. The molecule has 3 aromatic heterocycles. The zero-order valence-electron chi connectivity index (χ0n) is 19.0. The zero-order chi connectivity index (χ0) is 23.4. The van der Waals surface area contributed by atoms with E-state index in [2.05, 4.69) is 36.0 Å². The van der Waals surface area contributed by atoms with Gasteiger partial charge in [0.05, 0.1) is 24.6 Å². The van der Waals surface area contributed by atoms with Crippen molar-refractivity contribution in [3.63, 3.8) is 0 Å². The monoisotopic (exact) mass is 452 g/mol. The Bertz CT molecular complexity index is 1150. The van der Waals surface area contributed by atoms with E-state index >= 15 is 0 Å². The lowest BCUT2D eigenvalue weighted by Crippen LogP contribution is -2.34. The van der Waals surface area contributed by atoms with Crippen LogP contribution >= 0.6 is 0 Å². The molecule has 11 nitrogen and oxygen atoms in total. The van der Waals surface area contributed by atoms with E-state index in [1.165, 1.54) is 12.8 Å². The first kappa shape index (κ1) is 22.4. The van der Waals surface area contributed by atoms with E-state index in [9.17, 15) is 9.59 Å². The fourth-order valence-corrected chi connectivity index (χ4v) is 3.03. The molecule has 3 amide bonds. The lowest BCUT2D eigenvalue weighted by atomic mass is 10.2. The average molecular weight is 453 g/mol. The van der Waals surface area contributed by atoms with Crippen LogP contribution in [-0.2, 0) is 11.3 Å². The number of hydrogen-bond donors (Lipinski definition) is 3. The second kappa shape index (κ2) is 9.39. The molecule has 1 aliphatic carbocycles. The standard InChI is InChI=1S/C22H28N8O3/c1-22(2,3)33-21(32)23-8-9-30-13-15(11-26-30)17-12-24-16-6-7-18(28-19(16)27-17)29-20(31)25-10-14-4-5-14/h6-7,11-14H,4-5,8-10H2,1-3H3,(H,23,32)(H2,25,27,28,29,31). The highest BCUT2D eigenvalue weighted by Crippen LogP contribution is 2.27. The first-order chi connectivity index (χ1) is 15.7. The molecule has 11 heteroatoms. The average Bonchev–Trinajstić information content (AvgIpc) is 3.46. The minimum atomic E-state index is -0.540. The number of anilines is 1. The van der Waals surface area contributed by atoms with E-state index in [0.29, 0.717) is 48.2 Å². The van der Waals surface area contributed by atoms with Gasteiger partial charge >= 0.3 is 12.1 Å². The molecule has 0 saturated heterocycles. The molecule has 3 heterocycles. The molecule has 0 unspecified atom stereocenters. The van der Waals surface area contributed by atoms with Crippen LogP contribution in [0.15, 0.2) is 30.7 Å². The van der Waals surface area contributed by atoms with Crippen molar-refractivity contribution in [2.45, 2.75) is 45.8 Å². The smallest absolute Gasteiger partial charge is 0.407 e. The lowest BCUT2D eigenvalue weighted by molar-refractivity contribution is 0.0525. The number of pyridine rings is 1. The molecule has 1 fully saturated rings. The summed E-state index contributed by atoms with van der Waals surface area (Å²) in [5.41, 5.74) is 1.88. The molecule has 0 spiro atoms. The molecule has 0 aliphatic heterocycles. The van der Waals surface area contributed by atoms with Crippen LogP contribution in [0.4, 0.5) is 15.4 Å². The Labute approximate surface area is 191 Å². The molecule has 0 atom stereocenters. The van der Waals surface area contributed by atoms with Gasteiger partial charge < -0.3 is 15.4 Å². The Hall–Kier alpha value is -3.76. The number of nitrogens with zero attached hydrogens (tertiary/aromatic N) is 5. The second-order valence-electron chi connectivity index (χ2n) is 8.99. The second-order valence-corrected chi connectivity index (χ2v) is 8.99. The van der Waals surface area contributed by atoms with Gasteiger partial charge in [0.15, 0.2) is 5.65 Å². The minimum Gasteiger partial charge on any atom is -0.444 e. The van der Waals surface area contributed by atoms with E-state index in [1.54, 1.807) is 29.2 Å². The van der Waals surface area contributed by atoms with Crippen molar-refractivity contribution >= 4 is 29.1 Å². The van der Waals surface area contributed by atoms with Gasteiger partial charge in [-0.15, -0.1) is 0 Å². The molecule has 174 valence electrons. The largest absolute Gasteiger partial charge is 0.444 e. The quantitative estimate of drug-likeness (QED) is 0.501. The first-order valence-corrected chi connectivity index (χ1v) is 10.9. The van der Waals surface area contributed by atoms with Crippen LogP contribution < -0.4 is 16.0 Å². The summed E-state index contributed by atoms with van der Waals surface area (Å²) in [6.07, 6.45) is 7.02. The van der Waals surface area contributed by atoms with Crippen LogP contribution in [-0.4, -0.2) is 55.5 Å². The van der Waals surface area contributed by atoms with Crippen LogP contribution in [0, 0.1) is 5.92 Å². The highest BCUT2D eigenvalue weighted by Gasteiger charge is 2.21.